The molecule has 1 N–H and O–H groups in total. The van der Waals surface area contributed by atoms with Gasteiger partial charge in [0.25, 0.3) is 5.91 Å². The van der Waals surface area contributed by atoms with Gasteiger partial charge in [-0.1, -0.05) is 0 Å². The summed E-state index contributed by atoms with van der Waals surface area (Å²) in [4.78, 5) is 32.5. The number of benzene rings is 2. The van der Waals surface area contributed by atoms with E-state index in [1.165, 1.54) is 11.0 Å². The molecule has 10 nitrogen and oxygen atoms in total. The maximum Gasteiger partial charge on any atom is 0.573 e. The van der Waals surface area contributed by atoms with E-state index >= 15 is 0 Å². The summed E-state index contributed by atoms with van der Waals surface area (Å²) >= 11 is 0. The fraction of sp³-hybridized carbons (Fsp3) is 0.448. The summed E-state index contributed by atoms with van der Waals surface area (Å²) in [6.45, 7) is 8.94. The summed E-state index contributed by atoms with van der Waals surface area (Å²) in [7, 11) is -1.83. The van der Waals surface area contributed by atoms with Gasteiger partial charge in [0, 0.05) is 53.9 Å². The highest BCUT2D eigenvalue weighted by molar-refractivity contribution is 7.92. The van der Waals surface area contributed by atoms with E-state index in [0.717, 1.165) is 60.2 Å². The lowest BCUT2D eigenvalue weighted by Crippen LogP contribution is -2.57. The summed E-state index contributed by atoms with van der Waals surface area (Å²) in [5, 5.41) is 0.786. The van der Waals surface area contributed by atoms with Gasteiger partial charge >= 0.3 is 12.0 Å². The van der Waals surface area contributed by atoms with Crippen molar-refractivity contribution >= 4 is 38.3 Å². The van der Waals surface area contributed by atoms with Gasteiger partial charge in [-0.05, 0) is 70.1 Å². The molecule has 2 aliphatic rings. The van der Waals surface area contributed by atoms with Gasteiger partial charge < -0.3 is 19.0 Å². The molecule has 232 valence electrons. The van der Waals surface area contributed by atoms with E-state index in [9.17, 15) is 31.2 Å². The topological polar surface area (TPSA) is 112 Å². The van der Waals surface area contributed by atoms with Crippen LogP contribution in [0.1, 0.15) is 40.9 Å². The van der Waals surface area contributed by atoms with Crippen LogP contribution in [-0.4, -0.2) is 75.5 Å². The molecule has 1 saturated heterocycles. The highest BCUT2D eigenvalue weighted by Crippen LogP contribution is 2.36. The van der Waals surface area contributed by atoms with E-state index in [-0.39, 0.29) is 24.2 Å². The van der Waals surface area contributed by atoms with Crippen molar-refractivity contribution in [3.05, 3.63) is 63.0 Å². The Hall–Kier alpha value is -3.78. The van der Waals surface area contributed by atoms with E-state index in [1.54, 1.807) is 0 Å². The molecule has 43 heavy (non-hydrogen) atoms. The second-order valence-corrected chi connectivity index (χ2v) is 13.4. The number of hydrogen-bond donors (Lipinski definition) is 1. The Morgan fingerprint density at radius 3 is 2.47 bits per heavy atom. The lowest BCUT2D eigenvalue weighted by Gasteiger charge is -2.46. The number of piperazine rings is 1. The Bertz CT molecular complexity index is 1770. The zero-order valence-corrected chi connectivity index (χ0v) is 25.3. The first kappa shape index (κ1) is 30.7. The lowest BCUT2D eigenvalue weighted by molar-refractivity contribution is -0.274. The summed E-state index contributed by atoms with van der Waals surface area (Å²) in [5.74, 6) is -1.52. The Labute approximate surface area is 247 Å². The molecule has 14 heteroatoms. The molecule has 3 aromatic rings. The van der Waals surface area contributed by atoms with Crippen molar-refractivity contribution in [2.45, 2.75) is 45.6 Å². The highest BCUT2D eigenvalue weighted by Gasteiger charge is 2.35. The van der Waals surface area contributed by atoms with E-state index < -0.39 is 39.4 Å². The van der Waals surface area contributed by atoms with Crippen molar-refractivity contribution in [3.8, 4) is 5.75 Å². The molecule has 0 spiro atoms. The van der Waals surface area contributed by atoms with Crippen LogP contribution in [0.5, 0.6) is 5.75 Å². The number of aryl methyl sites for hydroxylation is 1. The van der Waals surface area contributed by atoms with Crippen molar-refractivity contribution in [2.24, 2.45) is 0 Å². The third kappa shape index (κ3) is 6.30. The van der Waals surface area contributed by atoms with E-state index in [4.69, 9.17) is 4.42 Å². The van der Waals surface area contributed by atoms with Crippen molar-refractivity contribution in [1.29, 1.82) is 0 Å². The van der Waals surface area contributed by atoms with Gasteiger partial charge in [-0.15, -0.1) is 13.2 Å². The Morgan fingerprint density at radius 2 is 1.81 bits per heavy atom. The Kier molecular flexibility index (Phi) is 7.66. The molecule has 0 saturated carbocycles. The normalized spacial score (nSPS) is 17.6. The minimum absolute atomic E-state index is 0.0312. The third-order valence-electron chi connectivity index (χ3n) is 8.18. The van der Waals surface area contributed by atoms with Crippen LogP contribution >= 0.6 is 0 Å². The standard InChI is InChI=1S/C29H33F3N4O6S/c1-17-23(36-13-12-34(4)28(2,3)16-36)9-7-20-19-10-11-35(15-21(19)27(38)41-25(17)20)26(37)18-6-8-22(33-43(5,39)40)24(14-18)42-29(30,31)32/h6-9,14,33H,10-13,15-16H2,1-5H3. The number of carbonyl (C=O) groups is 1. The Morgan fingerprint density at radius 1 is 1.09 bits per heavy atom. The summed E-state index contributed by atoms with van der Waals surface area (Å²) in [6, 6.07) is 7.02. The SMILES string of the molecule is Cc1c(N2CCN(C)C(C)(C)C2)ccc2c3c(c(=O)oc12)CN(C(=O)c1ccc(NS(C)(=O)=O)c(OC(F)(F)F)c1)CC3. The molecule has 0 bridgehead atoms. The number of likely N-dealkylation sites (N-methyl/N-ethyl adjacent to an activating group) is 1. The molecule has 3 heterocycles. The number of nitrogens with one attached hydrogen (secondary N) is 1. The highest BCUT2D eigenvalue weighted by atomic mass is 32.2. The molecule has 0 radical (unpaired) electrons. The first-order chi connectivity index (χ1) is 19.9. The van der Waals surface area contributed by atoms with Crippen molar-refractivity contribution in [3.63, 3.8) is 0 Å². The van der Waals surface area contributed by atoms with Crippen LogP contribution in [0.2, 0.25) is 0 Å². The van der Waals surface area contributed by atoms with Gasteiger partial charge in [0.15, 0.2) is 5.75 Å². The maximum atomic E-state index is 13.4. The van der Waals surface area contributed by atoms with E-state index in [2.05, 4.69) is 35.4 Å². The fourth-order valence-corrected chi connectivity index (χ4v) is 6.31. The molecule has 0 unspecified atom stereocenters. The number of sulfonamides is 1. The second kappa shape index (κ2) is 10.7. The molecule has 1 amide bonds. The molecule has 1 aromatic heterocycles. The van der Waals surface area contributed by atoms with Crippen LogP contribution in [0.4, 0.5) is 24.5 Å². The molecular weight excluding hydrogens is 589 g/mol. The number of ether oxygens (including phenoxy) is 1. The number of rotatable bonds is 5. The molecule has 0 atom stereocenters. The molecule has 1 fully saturated rings. The van der Waals surface area contributed by atoms with E-state index in [1.807, 2.05) is 23.8 Å². The van der Waals surface area contributed by atoms with Gasteiger partial charge in [0.05, 0.1) is 24.1 Å². The number of amides is 1. The number of alkyl halides is 3. The number of halogens is 3. The van der Waals surface area contributed by atoms with E-state index in [0.29, 0.717) is 17.6 Å². The largest absolute Gasteiger partial charge is 0.573 e. The average Bonchev–Trinajstić information content (AvgIpc) is 2.90. The first-order valence-corrected chi connectivity index (χ1v) is 15.5. The van der Waals surface area contributed by atoms with Crippen LogP contribution in [0.25, 0.3) is 11.0 Å². The average molecular weight is 623 g/mol. The zero-order chi connectivity index (χ0) is 31.5. The summed E-state index contributed by atoms with van der Waals surface area (Å²) in [6.07, 6.45) is -4.01. The van der Waals surface area contributed by atoms with Gasteiger partial charge in [0.1, 0.15) is 5.58 Å². The minimum atomic E-state index is -5.13. The molecule has 5 rings (SSSR count). The molecule has 2 aromatic carbocycles. The predicted molar refractivity (Wildman–Crippen MR) is 156 cm³/mol. The number of nitrogens with zero attached hydrogens (tertiary/aromatic N) is 3. The lowest BCUT2D eigenvalue weighted by atomic mass is 9.94. The minimum Gasteiger partial charge on any atom is -0.422 e. The molecule has 2 aliphatic heterocycles. The van der Waals surface area contributed by atoms with Crippen molar-refractivity contribution in [2.75, 3.05) is 49.1 Å². The zero-order valence-electron chi connectivity index (χ0n) is 24.5. The van der Waals surface area contributed by atoms with Crippen LogP contribution < -0.4 is 20.0 Å². The predicted octanol–water partition coefficient (Wildman–Crippen LogP) is 4.10. The van der Waals surface area contributed by atoms with Gasteiger partial charge in [-0.3, -0.25) is 14.4 Å². The first-order valence-electron chi connectivity index (χ1n) is 13.6. The van der Waals surface area contributed by atoms with Crippen LogP contribution in [0, 0.1) is 6.92 Å². The van der Waals surface area contributed by atoms with Crippen molar-refractivity contribution < 1.29 is 35.5 Å². The van der Waals surface area contributed by atoms with Crippen LogP contribution in [0.3, 0.4) is 0 Å². The summed E-state index contributed by atoms with van der Waals surface area (Å²) in [5.41, 5.74) is 2.19. The maximum absolute atomic E-state index is 13.4. The quantitative estimate of drug-likeness (QED) is 0.424. The summed E-state index contributed by atoms with van der Waals surface area (Å²) < 4.78 is 74.1. The smallest absolute Gasteiger partial charge is 0.422 e. The number of carbonyl (C=O) groups excluding carboxylic acids is 1. The van der Waals surface area contributed by atoms with Gasteiger partial charge in [-0.2, -0.15) is 0 Å². The molecular formula is C29H33F3N4O6S. The monoisotopic (exact) mass is 622 g/mol. The van der Waals surface area contributed by atoms with Crippen molar-refractivity contribution in [1.82, 2.24) is 9.80 Å². The van der Waals surface area contributed by atoms with Crippen LogP contribution in [0.15, 0.2) is 39.5 Å². The Balaban J connectivity index is 1.44. The fourth-order valence-electron chi connectivity index (χ4n) is 5.75. The molecule has 0 aliphatic carbocycles. The number of hydrogen-bond acceptors (Lipinski definition) is 8. The second-order valence-electron chi connectivity index (χ2n) is 11.7. The van der Waals surface area contributed by atoms with Gasteiger partial charge in [0.2, 0.25) is 10.0 Å². The van der Waals surface area contributed by atoms with Gasteiger partial charge in [-0.25, -0.2) is 13.2 Å². The number of fused-ring (bicyclic) bond motifs is 3. The number of anilines is 2. The van der Waals surface area contributed by atoms with Crippen LogP contribution in [-0.2, 0) is 23.0 Å². The third-order valence-corrected chi connectivity index (χ3v) is 8.77.